The van der Waals surface area contributed by atoms with Crippen LogP contribution in [0.1, 0.15) is 26.0 Å². The molecule has 0 N–H and O–H groups in total. The van der Waals surface area contributed by atoms with Crippen LogP contribution in [0.5, 0.6) is 0 Å². The van der Waals surface area contributed by atoms with Gasteiger partial charge in [-0.1, -0.05) is 18.5 Å². The first-order valence-corrected chi connectivity index (χ1v) is 6.12. The maximum Gasteiger partial charge on any atom is 0.195 e. The fourth-order valence-electron chi connectivity index (χ4n) is 1.20. The number of hydrogen-bond acceptors (Lipinski definition) is 3. The van der Waals surface area contributed by atoms with Gasteiger partial charge in [-0.15, -0.1) is 11.3 Å². The Bertz CT molecular complexity index is 486. The number of nitrogens with zero attached hydrogens (tertiary/aromatic N) is 3. The summed E-state index contributed by atoms with van der Waals surface area (Å²) >= 11 is 7.59. The van der Waals surface area contributed by atoms with Crippen LogP contribution < -0.4 is 0 Å². The van der Waals surface area contributed by atoms with Crippen LogP contribution in [-0.2, 0) is 0 Å². The predicted molar refractivity (Wildman–Crippen MR) is 65.4 cm³/mol. The number of halogens is 1. The molecule has 0 saturated heterocycles. The van der Waals surface area contributed by atoms with E-state index in [9.17, 15) is 0 Å². The summed E-state index contributed by atoms with van der Waals surface area (Å²) in [6.45, 7) is 4.19. The molecule has 0 spiro atoms. The highest BCUT2D eigenvalue weighted by Gasteiger charge is 2.08. The van der Waals surface area contributed by atoms with Gasteiger partial charge in [-0.05, 0) is 13.3 Å². The van der Waals surface area contributed by atoms with E-state index in [1.807, 2.05) is 22.2 Å². The van der Waals surface area contributed by atoms with E-state index in [1.54, 1.807) is 11.3 Å². The van der Waals surface area contributed by atoms with Gasteiger partial charge in [0, 0.05) is 23.8 Å². The molecular formula is C10H12ClN3S. The zero-order valence-electron chi connectivity index (χ0n) is 8.64. The summed E-state index contributed by atoms with van der Waals surface area (Å²) in [5.74, 6) is 0. The van der Waals surface area contributed by atoms with E-state index >= 15 is 0 Å². The van der Waals surface area contributed by atoms with E-state index in [2.05, 4.69) is 23.8 Å². The number of rotatable bonds is 3. The Morgan fingerprint density at radius 2 is 2.53 bits per heavy atom. The van der Waals surface area contributed by atoms with Crippen molar-refractivity contribution in [3.05, 3.63) is 22.4 Å². The fraction of sp³-hybridized carbons (Fsp3) is 0.400. The zero-order valence-corrected chi connectivity index (χ0v) is 10.2. The molecule has 3 nitrogen and oxygen atoms in total. The minimum atomic E-state index is 0.324. The lowest BCUT2D eigenvalue weighted by Crippen LogP contribution is -1.97. The van der Waals surface area contributed by atoms with Gasteiger partial charge in [0.25, 0.3) is 0 Å². The molecule has 0 fully saturated rings. The Labute approximate surface area is 97.4 Å². The molecule has 0 bridgehead atoms. The van der Waals surface area contributed by atoms with Crippen molar-refractivity contribution in [1.29, 1.82) is 0 Å². The van der Waals surface area contributed by atoms with Crippen molar-refractivity contribution < 1.29 is 0 Å². The minimum Gasteiger partial charge on any atom is -0.288 e. The molecule has 2 rings (SSSR count). The lowest BCUT2D eigenvalue weighted by atomic mass is 10.3. The Hall–Kier alpha value is -0.870. The van der Waals surface area contributed by atoms with E-state index in [1.165, 1.54) is 0 Å². The summed E-state index contributed by atoms with van der Waals surface area (Å²) in [6, 6.07) is 0.324. The van der Waals surface area contributed by atoms with Crippen LogP contribution in [-0.4, -0.2) is 21.6 Å². The zero-order chi connectivity index (χ0) is 10.8. The van der Waals surface area contributed by atoms with Crippen molar-refractivity contribution in [2.24, 2.45) is 4.99 Å². The summed E-state index contributed by atoms with van der Waals surface area (Å²) in [6.07, 6.45) is 4.79. The average molecular weight is 242 g/mol. The smallest absolute Gasteiger partial charge is 0.195 e. The molecule has 80 valence electrons. The molecule has 1 atom stereocenters. The summed E-state index contributed by atoms with van der Waals surface area (Å²) < 4.78 is 1.96. The van der Waals surface area contributed by atoms with Gasteiger partial charge in [-0.25, -0.2) is 4.98 Å². The fourth-order valence-corrected chi connectivity index (χ4v) is 2.19. The molecule has 1 unspecified atom stereocenters. The maximum absolute atomic E-state index is 6.02. The number of aliphatic imine (C=N–C) groups is 1. The van der Waals surface area contributed by atoms with Crippen LogP contribution >= 0.6 is 22.9 Å². The van der Waals surface area contributed by atoms with E-state index in [0.717, 1.165) is 17.1 Å². The Morgan fingerprint density at radius 1 is 1.73 bits per heavy atom. The lowest BCUT2D eigenvalue weighted by Gasteiger charge is -1.99. The quantitative estimate of drug-likeness (QED) is 0.759. The molecule has 0 saturated carbocycles. The van der Waals surface area contributed by atoms with Gasteiger partial charge in [0.2, 0.25) is 0 Å². The summed E-state index contributed by atoms with van der Waals surface area (Å²) in [4.78, 5) is 9.55. The molecule has 5 heteroatoms. The largest absolute Gasteiger partial charge is 0.288 e. The summed E-state index contributed by atoms with van der Waals surface area (Å²) in [5.41, 5.74) is 0.869. The molecule has 0 radical (unpaired) electrons. The Morgan fingerprint density at radius 3 is 3.27 bits per heavy atom. The number of imidazole rings is 1. The van der Waals surface area contributed by atoms with Crippen molar-refractivity contribution in [2.45, 2.75) is 26.3 Å². The predicted octanol–water partition coefficient (Wildman–Crippen LogP) is 3.27. The third kappa shape index (κ3) is 2.06. The van der Waals surface area contributed by atoms with Gasteiger partial charge in [-0.3, -0.25) is 9.39 Å². The highest BCUT2D eigenvalue weighted by Crippen LogP contribution is 2.19. The molecule has 0 aliphatic rings. The average Bonchev–Trinajstić information content (AvgIpc) is 2.75. The van der Waals surface area contributed by atoms with Crippen molar-refractivity contribution in [1.82, 2.24) is 9.38 Å². The second-order valence-electron chi connectivity index (χ2n) is 3.38. The van der Waals surface area contributed by atoms with Crippen LogP contribution in [0, 0.1) is 0 Å². The van der Waals surface area contributed by atoms with Crippen molar-refractivity contribution >= 4 is 34.1 Å². The Balaban J connectivity index is 2.37. The van der Waals surface area contributed by atoms with E-state index in [0.29, 0.717) is 11.2 Å². The highest BCUT2D eigenvalue weighted by atomic mass is 35.5. The number of fused-ring (bicyclic) bond motifs is 1. The van der Waals surface area contributed by atoms with Gasteiger partial charge in [0.05, 0.1) is 0 Å². The third-order valence-corrected chi connectivity index (χ3v) is 3.33. The maximum atomic E-state index is 6.02. The van der Waals surface area contributed by atoms with E-state index < -0.39 is 0 Å². The standard InChI is InChI=1S/C10H12ClN3S/c1-3-7(2)12-6-8-9(11)13-10-14(8)4-5-15-10/h4-7H,3H2,1-2H3. The molecular weight excluding hydrogens is 230 g/mol. The van der Waals surface area contributed by atoms with E-state index in [-0.39, 0.29) is 0 Å². The minimum absolute atomic E-state index is 0.324. The molecule has 0 aliphatic heterocycles. The number of hydrogen-bond donors (Lipinski definition) is 0. The first-order valence-electron chi connectivity index (χ1n) is 4.86. The second-order valence-corrected chi connectivity index (χ2v) is 4.61. The monoisotopic (exact) mass is 241 g/mol. The topological polar surface area (TPSA) is 29.7 Å². The molecule has 0 amide bonds. The highest BCUT2D eigenvalue weighted by molar-refractivity contribution is 7.15. The van der Waals surface area contributed by atoms with Crippen LogP contribution in [0.4, 0.5) is 0 Å². The van der Waals surface area contributed by atoms with Crippen LogP contribution in [0.3, 0.4) is 0 Å². The first-order chi connectivity index (χ1) is 7.22. The normalized spacial score (nSPS) is 14.1. The van der Waals surface area contributed by atoms with Gasteiger partial charge in [0.15, 0.2) is 10.1 Å². The van der Waals surface area contributed by atoms with Crippen LogP contribution in [0.25, 0.3) is 4.96 Å². The molecule has 15 heavy (non-hydrogen) atoms. The van der Waals surface area contributed by atoms with Crippen molar-refractivity contribution in [3.8, 4) is 0 Å². The lowest BCUT2D eigenvalue weighted by molar-refractivity contribution is 0.720. The number of aromatic nitrogens is 2. The molecule has 2 aromatic rings. The van der Waals surface area contributed by atoms with Gasteiger partial charge >= 0.3 is 0 Å². The molecule has 0 aliphatic carbocycles. The van der Waals surface area contributed by atoms with Crippen LogP contribution in [0.15, 0.2) is 16.6 Å². The van der Waals surface area contributed by atoms with Gasteiger partial charge < -0.3 is 0 Å². The molecule has 2 aromatic heterocycles. The second kappa shape index (κ2) is 4.33. The SMILES string of the molecule is CCC(C)N=Cc1c(Cl)nc2sccn12. The molecule has 0 aromatic carbocycles. The summed E-state index contributed by atoms with van der Waals surface area (Å²) in [7, 11) is 0. The van der Waals surface area contributed by atoms with Gasteiger partial charge in [-0.2, -0.15) is 0 Å². The number of thiazole rings is 1. The van der Waals surface area contributed by atoms with E-state index in [4.69, 9.17) is 11.6 Å². The first kappa shape index (κ1) is 10.6. The van der Waals surface area contributed by atoms with Crippen molar-refractivity contribution in [3.63, 3.8) is 0 Å². The van der Waals surface area contributed by atoms with Crippen LogP contribution in [0.2, 0.25) is 5.15 Å². The molecule has 2 heterocycles. The summed E-state index contributed by atoms with van der Waals surface area (Å²) in [5, 5.41) is 2.51. The van der Waals surface area contributed by atoms with Crippen molar-refractivity contribution in [2.75, 3.05) is 0 Å². The third-order valence-electron chi connectivity index (χ3n) is 2.30. The van der Waals surface area contributed by atoms with Gasteiger partial charge in [0.1, 0.15) is 5.69 Å². The Kier molecular flexibility index (Phi) is 3.07.